The maximum Gasteiger partial charge on any atom is 0.155 e. The number of aromatic nitrogens is 1. The van der Waals surface area contributed by atoms with Gasteiger partial charge in [-0.2, -0.15) is 0 Å². The van der Waals surface area contributed by atoms with E-state index in [1.54, 1.807) is 7.11 Å². The van der Waals surface area contributed by atoms with E-state index in [4.69, 9.17) is 4.74 Å². The standard InChI is InChI=1S/C19H20NO3.Ir/c1-14(21)11-17(22)13-18(23-2)12-16-9-6-10-19(20-16)15-7-4-3-5-8-15;/h3-7,9-11,18,22H,12-13H2,1-2H3;/q-1;. The van der Waals surface area contributed by atoms with Gasteiger partial charge in [0.2, 0.25) is 0 Å². The Hall–Kier alpha value is -1.81. The fraction of sp³-hybridized carbons (Fsp3) is 0.263. The van der Waals surface area contributed by atoms with Gasteiger partial charge in [0.1, 0.15) is 0 Å². The average Bonchev–Trinajstić information content (AvgIpc) is 2.54. The van der Waals surface area contributed by atoms with Gasteiger partial charge in [-0.05, 0) is 18.7 Å². The Morgan fingerprint density at radius 2 is 2.12 bits per heavy atom. The van der Waals surface area contributed by atoms with Crippen molar-refractivity contribution < 1.29 is 34.7 Å². The van der Waals surface area contributed by atoms with Crippen LogP contribution in [0.1, 0.15) is 19.0 Å². The molecule has 1 N–H and O–H groups in total. The molecule has 0 bridgehead atoms. The van der Waals surface area contributed by atoms with E-state index in [0.29, 0.717) is 6.42 Å². The van der Waals surface area contributed by atoms with Gasteiger partial charge in [0, 0.05) is 51.8 Å². The molecule has 5 heteroatoms. The quantitative estimate of drug-likeness (QED) is 0.358. The molecule has 0 saturated carbocycles. The summed E-state index contributed by atoms with van der Waals surface area (Å²) in [5.41, 5.74) is 2.64. The third kappa shape index (κ3) is 6.36. The number of nitrogens with zero attached hydrogens (tertiary/aromatic N) is 1. The van der Waals surface area contributed by atoms with Crippen molar-refractivity contribution in [2.75, 3.05) is 7.11 Å². The summed E-state index contributed by atoms with van der Waals surface area (Å²) in [6, 6.07) is 16.6. The van der Waals surface area contributed by atoms with E-state index < -0.39 is 0 Å². The predicted molar refractivity (Wildman–Crippen MR) is 89.0 cm³/mol. The summed E-state index contributed by atoms with van der Waals surface area (Å²) in [4.78, 5) is 15.6. The number of ketones is 1. The molecule has 24 heavy (non-hydrogen) atoms. The summed E-state index contributed by atoms with van der Waals surface area (Å²) < 4.78 is 5.39. The van der Waals surface area contributed by atoms with Crippen LogP contribution in [0.5, 0.6) is 0 Å². The number of hydrogen-bond donors (Lipinski definition) is 1. The van der Waals surface area contributed by atoms with E-state index in [9.17, 15) is 9.90 Å². The number of aliphatic hydroxyl groups is 1. The molecule has 129 valence electrons. The molecule has 1 atom stereocenters. The summed E-state index contributed by atoms with van der Waals surface area (Å²) in [6.45, 7) is 1.40. The van der Waals surface area contributed by atoms with E-state index in [0.717, 1.165) is 17.0 Å². The fourth-order valence-corrected chi connectivity index (χ4v) is 2.29. The molecular weight excluding hydrogens is 482 g/mol. The zero-order chi connectivity index (χ0) is 16.7. The number of benzene rings is 1. The van der Waals surface area contributed by atoms with Crippen molar-refractivity contribution in [2.45, 2.75) is 25.9 Å². The number of allylic oxidation sites excluding steroid dienone is 1. The van der Waals surface area contributed by atoms with Crippen molar-refractivity contribution >= 4 is 5.78 Å². The second kappa shape index (κ2) is 10.1. The molecule has 1 aromatic heterocycles. The van der Waals surface area contributed by atoms with Gasteiger partial charge in [-0.1, -0.05) is 12.1 Å². The van der Waals surface area contributed by atoms with Crippen molar-refractivity contribution in [1.29, 1.82) is 0 Å². The third-order valence-electron chi connectivity index (χ3n) is 3.37. The molecule has 1 radical (unpaired) electrons. The number of pyridine rings is 1. The summed E-state index contributed by atoms with van der Waals surface area (Å²) in [7, 11) is 1.58. The minimum atomic E-state index is -0.242. The Balaban J connectivity index is 0.00000288. The van der Waals surface area contributed by atoms with Crippen molar-refractivity contribution in [3.63, 3.8) is 0 Å². The van der Waals surface area contributed by atoms with Gasteiger partial charge in [0.15, 0.2) is 5.78 Å². The van der Waals surface area contributed by atoms with Crippen LogP contribution in [0, 0.1) is 6.07 Å². The van der Waals surface area contributed by atoms with Crippen LogP contribution in [0.25, 0.3) is 11.3 Å². The smallest absolute Gasteiger partial charge is 0.155 e. The monoisotopic (exact) mass is 503 g/mol. The fourth-order valence-electron chi connectivity index (χ4n) is 2.29. The molecule has 0 fully saturated rings. The van der Waals surface area contributed by atoms with E-state index in [1.165, 1.54) is 13.0 Å². The number of hydrogen-bond acceptors (Lipinski definition) is 4. The van der Waals surface area contributed by atoms with Crippen LogP contribution in [-0.2, 0) is 36.1 Å². The number of aliphatic hydroxyl groups excluding tert-OH is 1. The number of carbonyl (C=O) groups is 1. The van der Waals surface area contributed by atoms with Crippen molar-refractivity contribution in [3.8, 4) is 11.3 Å². The van der Waals surface area contributed by atoms with Gasteiger partial charge in [0.05, 0.1) is 11.9 Å². The van der Waals surface area contributed by atoms with Gasteiger partial charge >= 0.3 is 0 Å². The molecule has 1 aromatic carbocycles. The van der Waals surface area contributed by atoms with Crippen LogP contribution in [0.15, 0.2) is 54.3 Å². The molecular formula is C19H20IrNO3-. The largest absolute Gasteiger partial charge is 0.512 e. The summed E-state index contributed by atoms with van der Waals surface area (Å²) >= 11 is 0. The van der Waals surface area contributed by atoms with Crippen LogP contribution < -0.4 is 0 Å². The predicted octanol–water partition coefficient (Wildman–Crippen LogP) is 3.52. The van der Waals surface area contributed by atoms with Crippen LogP contribution in [0.4, 0.5) is 0 Å². The first kappa shape index (κ1) is 20.2. The number of ether oxygens (including phenoxy) is 1. The molecule has 0 aliphatic carbocycles. The second-order valence-electron chi connectivity index (χ2n) is 5.30. The molecule has 0 spiro atoms. The number of rotatable bonds is 7. The molecule has 0 aliphatic rings. The van der Waals surface area contributed by atoms with Crippen LogP contribution in [0.2, 0.25) is 0 Å². The number of methoxy groups -OCH3 is 1. The SMILES string of the molecule is COC(CC(O)=CC(C)=O)Cc1cccc(-c2[c-]cccc2)n1.[Ir]. The minimum absolute atomic E-state index is 0. The van der Waals surface area contributed by atoms with Gasteiger partial charge in [0.25, 0.3) is 0 Å². The minimum Gasteiger partial charge on any atom is -0.512 e. The summed E-state index contributed by atoms with van der Waals surface area (Å²) in [5.74, 6) is -0.158. The normalized spacial score (nSPS) is 12.3. The van der Waals surface area contributed by atoms with E-state index >= 15 is 0 Å². The Kier molecular flexibility index (Phi) is 8.55. The average molecular weight is 503 g/mol. The van der Waals surface area contributed by atoms with Gasteiger partial charge in [-0.15, -0.1) is 35.9 Å². The Labute approximate surface area is 155 Å². The van der Waals surface area contributed by atoms with Gasteiger partial charge in [-0.25, -0.2) is 0 Å². The van der Waals surface area contributed by atoms with Crippen molar-refractivity contribution in [1.82, 2.24) is 4.98 Å². The summed E-state index contributed by atoms with van der Waals surface area (Å²) in [5, 5.41) is 9.77. The molecule has 0 amide bonds. The molecule has 2 rings (SSSR count). The van der Waals surface area contributed by atoms with Gasteiger partial charge in [-0.3, -0.25) is 4.79 Å². The van der Waals surface area contributed by atoms with Crippen LogP contribution in [-0.4, -0.2) is 29.1 Å². The first-order valence-electron chi connectivity index (χ1n) is 7.44. The van der Waals surface area contributed by atoms with Gasteiger partial charge < -0.3 is 14.8 Å². The van der Waals surface area contributed by atoms with E-state index in [1.807, 2.05) is 42.5 Å². The maximum absolute atomic E-state index is 11.0. The molecule has 1 heterocycles. The Morgan fingerprint density at radius 3 is 2.75 bits per heavy atom. The third-order valence-corrected chi connectivity index (χ3v) is 3.37. The maximum atomic E-state index is 11.0. The van der Waals surface area contributed by atoms with Crippen LogP contribution in [0.3, 0.4) is 0 Å². The van der Waals surface area contributed by atoms with E-state index in [-0.39, 0.29) is 44.2 Å². The van der Waals surface area contributed by atoms with Crippen LogP contribution >= 0.6 is 0 Å². The zero-order valence-electron chi connectivity index (χ0n) is 13.7. The Bertz CT molecular complexity index is 686. The van der Waals surface area contributed by atoms with Crippen molar-refractivity contribution in [2.24, 2.45) is 0 Å². The molecule has 1 unspecified atom stereocenters. The zero-order valence-corrected chi connectivity index (χ0v) is 16.0. The first-order valence-corrected chi connectivity index (χ1v) is 7.44. The summed E-state index contributed by atoms with van der Waals surface area (Å²) in [6.07, 6.45) is 1.80. The molecule has 0 saturated heterocycles. The van der Waals surface area contributed by atoms with E-state index in [2.05, 4.69) is 11.1 Å². The molecule has 2 aromatic rings. The molecule has 0 aliphatic heterocycles. The molecule has 4 nitrogen and oxygen atoms in total. The second-order valence-corrected chi connectivity index (χ2v) is 5.30. The Morgan fingerprint density at radius 1 is 1.33 bits per heavy atom. The first-order chi connectivity index (χ1) is 11.1. The van der Waals surface area contributed by atoms with Crippen molar-refractivity contribution in [3.05, 3.63) is 66.1 Å². The number of carbonyl (C=O) groups excluding carboxylic acids is 1. The topological polar surface area (TPSA) is 59.4 Å².